The number of amides is 1. The SMILES string of the molecule is CO[C@@H](C(=O)N1CCO[C@H](c2cc(Cl)cc(Cl)c2)C1)c1ccccc1. The monoisotopic (exact) mass is 379 g/mol. The van der Waals surface area contributed by atoms with Crippen LogP contribution in [0.1, 0.15) is 23.3 Å². The van der Waals surface area contributed by atoms with E-state index in [-0.39, 0.29) is 12.0 Å². The van der Waals surface area contributed by atoms with Crippen LogP contribution in [0.25, 0.3) is 0 Å². The molecule has 2 aromatic rings. The standard InChI is InChI=1S/C19H19Cl2NO3/c1-24-18(13-5-3-2-4-6-13)19(23)22-7-8-25-17(12-22)14-9-15(20)11-16(21)10-14/h2-6,9-11,17-18H,7-8,12H2,1H3/t17-,18+/m0/s1. The first-order chi connectivity index (χ1) is 12.1. The summed E-state index contributed by atoms with van der Waals surface area (Å²) in [4.78, 5) is 14.7. The molecule has 2 aromatic carbocycles. The van der Waals surface area contributed by atoms with Gasteiger partial charge in [-0.05, 0) is 29.3 Å². The van der Waals surface area contributed by atoms with Crippen LogP contribution in [0.5, 0.6) is 0 Å². The Morgan fingerprint density at radius 2 is 1.88 bits per heavy atom. The average Bonchev–Trinajstić information content (AvgIpc) is 2.62. The molecule has 132 valence electrons. The molecule has 1 fully saturated rings. The highest BCUT2D eigenvalue weighted by atomic mass is 35.5. The van der Waals surface area contributed by atoms with Crippen LogP contribution in [-0.4, -0.2) is 37.6 Å². The molecule has 1 amide bonds. The van der Waals surface area contributed by atoms with E-state index in [2.05, 4.69) is 0 Å². The molecule has 0 aliphatic carbocycles. The van der Waals surface area contributed by atoms with Gasteiger partial charge in [-0.25, -0.2) is 0 Å². The molecule has 0 N–H and O–H groups in total. The van der Waals surface area contributed by atoms with Crippen molar-refractivity contribution in [3.8, 4) is 0 Å². The Hall–Kier alpha value is -1.59. The lowest BCUT2D eigenvalue weighted by atomic mass is 10.1. The molecule has 3 rings (SSSR count). The quantitative estimate of drug-likeness (QED) is 0.795. The van der Waals surface area contributed by atoms with Gasteiger partial charge in [-0.1, -0.05) is 53.5 Å². The molecule has 0 radical (unpaired) electrons. The molecule has 1 aliphatic heterocycles. The second-order valence-electron chi connectivity index (χ2n) is 5.87. The van der Waals surface area contributed by atoms with Crippen LogP contribution in [0.2, 0.25) is 10.0 Å². The number of hydrogen-bond acceptors (Lipinski definition) is 3. The highest BCUT2D eigenvalue weighted by molar-refractivity contribution is 6.34. The largest absolute Gasteiger partial charge is 0.370 e. The average molecular weight is 380 g/mol. The second kappa shape index (κ2) is 8.19. The van der Waals surface area contributed by atoms with Crippen molar-refractivity contribution in [1.29, 1.82) is 0 Å². The first-order valence-electron chi connectivity index (χ1n) is 8.02. The summed E-state index contributed by atoms with van der Waals surface area (Å²) >= 11 is 12.2. The number of rotatable bonds is 4. The van der Waals surface area contributed by atoms with Crippen LogP contribution < -0.4 is 0 Å². The van der Waals surface area contributed by atoms with Crippen LogP contribution in [0.4, 0.5) is 0 Å². The maximum atomic E-state index is 12.9. The predicted octanol–water partition coefficient (Wildman–Crippen LogP) is 4.28. The van der Waals surface area contributed by atoms with Crippen molar-refractivity contribution in [2.45, 2.75) is 12.2 Å². The number of morpholine rings is 1. The van der Waals surface area contributed by atoms with E-state index in [0.29, 0.717) is 29.7 Å². The number of ether oxygens (including phenoxy) is 2. The van der Waals surface area contributed by atoms with E-state index in [1.807, 2.05) is 42.5 Å². The zero-order chi connectivity index (χ0) is 17.8. The molecule has 2 atom stereocenters. The Morgan fingerprint density at radius 1 is 1.20 bits per heavy atom. The fourth-order valence-corrected chi connectivity index (χ4v) is 3.53. The number of benzene rings is 2. The lowest BCUT2D eigenvalue weighted by Crippen LogP contribution is -2.44. The van der Waals surface area contributed by atoms with Crippen LogP contribution in [0.15, 0.2) is 48.5 Å². The maximum absolute atomic E-state index is 12.9. The topological polar surface area (TPSA) is 38.8 Å². The van der Waals surface area contributed by atoms with Gasteiger partial charge >= 0.3 is 0 Å². The van der Waals surface area contributed by atoms with Crippen LogP contribution in [-0.2, 0) is 14.3 Å². The van der Waals surface area contributed by atoms with Crippen molar-refractivity contribution in [1.82, 2.24) is 4.90 Å². The Balaban J connectivity index is 1.77. The van der Waals surface area contributed by atoms with Crippen LogP contribution in [0, 0.1) is 0 Å². The summed E-state index contributed by atoms with van der Waals surface area (Å²) < 4.78 is 11.3. The molecule has 1 heterocycles. The van der Waals surface area contributed by atoms with Crippen LogP contribution >= 0.6 is 23.2 Å². The van der Waals surface area contributed by atoms with E-state index in [0.717, 1.165) is 11.1 Å². The Kier molecular flexibility index (Phi) is 5.97. The third kappa shape index (κ3) is 4.33. The summed E-state index contributed by atoms with van der Waals surface area (Å²) in [5.74, 6) is -0.0740. The van der Waals surface area contributed by atoms with Crippen molar-refractivity contribution < 1.29 is 14.3 Å². The summed E-state index contributed by atoms with van der Waals surface area (Å²) in [7, 11) is 1.55. The molecule has 1 aliphatic rings. The first kappa shape index (κ1) is 18.2. The van der Waals surface area contributed by atoms with Crippen molar-refractivity contribution in [3.63, 3.8) is 0 Å². The molecular formula is C19H19Cl2NO3. The molecular weight excluding hydrogens is 361 g/mol. The second-order valence-corrected chi connectivity index (χ2v) is 6.75. The fraction of sp³-hybridized carbons (Fsp3) is 0.316. The normalized spacial score (nSPS) is 18.8. The number of methoxy groups -OCH3 is 1. The van der Waals surface area contributed by atoms with Gasteiger partial charge in [0.2, 0.25) is 0 Å². The zero-order valence-corrected chi connectivity index (χ0v) is 15.3. The lowest BCUT2D eigenvalue weighted by molar-refractivity contribution is -0.150. The Morgan fingerprint density at radius 3 is 2.52 bits per heavy atom. The summed E-state index contributed by atoms with van der Waals surface area (Å²) in [5, 5.41) is 1.10. The third-order valence-corrected chi connectivity index (χ3v) is 4.63. The van der Waals surface area contributed by atoms with E-state index >= 15 is 0 Å². The molecule has 0 bridgehead atoms. The molecule has 6 heteroatoms. The van der Waals surface area contributed by atoms with Gasteiger partial charge in [-0.15, -0.1) is 0 Å². The van der Waals surface area contributed by atoms with E-state index < -0.39 is 6.10 Å². The van der Waals surface area contributed by atoms with Crippen molar-refractivity contribution in [2.24, 2.45) is 0 Å². The van der Waals surface area contributed by atoms with Crippen molar-refractivity contribution in [2.75, 3.05) is 26.8 Å². The van der Waals surface area contributed by atoms with E-state index in [1.165, 1.54) is 0 Å². The molecule has 0 unspecified atom stereocenters. The van der Waals surface area contributed by atoms with Gasteiger partial charge in [0, 0.05) is 23.7 Å². The molecule has 4 nitrogen and oxygen atoms in total. The van der Waals surface area contributed by atoms with Gasteiger partial charge in [-0.2, -0.15) is 0 Å². The molecule has 0 spiro atoms. The number of halogens is 2. The minimum Gasteiger partial charge on any atom is -0.370 e. The van der Waals surface area contributed by atoms with Gasteiger partial charge in [0.15, 0.2) is 6.10 Å². The minimum absolute atomic E-state index is 0.0740. The van der Waals surface area contributed by atoms with Gasteiger partial charge < -0.3 is 14.4 Å². The highest BCUT2D eigenvalue weighted by Crippen LogP contribution is 2.29. The zero-order valence-electron chi connectivity index (χ0n) is 13.8. The van der Waals surface area contributed by atoms with E-state index in [4.69, 9.17) is 32.7 Å². The third-order valence-electron chi connectivity index (χ3n) is 4.20. The number of nitrogens with zero attached hydrogens (tertiary/aromatic N) is 1. The maximum Gasteiger partial charge on any atom is 0.256 e. The summed E-state index contributed by atoms with van der Waals surface area (Å²) in [6, 6.07) is 14.8. The molecule has 0 saturated carbocycles. The molecule has 0 aromatic heterocycles. The lowest BCUT2D eigenvalue weighted by Gasteiger charge is -2.35. The van der Waals surface area contributed by atoms with E-state index in [9.17, 15) is 4.79 Å². The predicted molar refractivity (Wildman–Crippen MR) is 97.9 cm³/mol. The fourth-order valence-electron chi connectivity index (χ4n) is 2.99. The molecule has 25 heavy (non-hydrogen) atoms. The van der Waals surface area contributed by atoms with E-state index in [1.54, 1.807) is 18.1 Å². The minimum atomic E-state index is -0.622. The van der Waals surface area contributed by atoms with Crippen molar-refractivity contribution >= 4 is 29.1 Å². The van der Waals surface area contributed by atoms with Gasteiger partial charge in [0.1, 0.15) is 6.10 Å². The Labute approximate surface area is 157 Å². The summed E-state index contributed by atoms with van der Waals surface area (Å²) in [6.07, 6.45) is -0.884. The Bertz CT molecular complexity index is 718. The first-order valence-corrected chi connectivity index (χ1v) is 8.78. The summed E-state index contributed by atoms with van der Waals surface area (Å²) in [6.45, 7) is 1.41. The number of carbonyl (C=O) groups excluding carboxylic acids is 1. The smallest absolute Gasteiger partial charge is 0.256 e. The van der Waals surface area contributed by atoms with Crippen molar-refractivity contribution in [3.05, 3.63) is 69.7 Å². The van der Waals surface area contributed by atoms with Crippen LogP contribution in [0.3, 0.4) is 0 Å². The van der Waals surface area contributed by atoms with Gasteiger partial charge in [-0.3, -0.25) is 4.79 Å². The molecule has 1 saturated heterocycles. The van der Waals surface area contributed by atoms with Gasteiger partial charge in [0.25, 0.3) is 5.91 Å². The van der Waals surface area contributed by atoms with Gasteiger partial charge in [0.05, 0.1) is 13.2 Å². The number of carbonyl (C=O) groups is 1. The summed E-state index contributed by atoms with van der Waals surface area (Å²) in [5.41, 5.74) is 1.70. The number of hydrogen-bond donors (Lipinski definition) is 0. The highest BCUT2D eigenvalue weighted by Gasteiger charge is 2.31.